The number of hydrogen-bond acceptors (Lipinski definition) is 5. The average Bonchev–Trinajstić information content (AvgIpc) is 2.03. The zero-order chi connectivity index (χ0) is 11.0. The highest BCUT2D eigenvalue weighted by atomic mass is 31.1. The van der Waals surface area contributed by atoms with Gasteiger partial charge in [0, 0.05) is 0 Å². The lowest BCUT2D eigenvalue weighted by Gasteiger charge is -2.15. The van der Waals surface area contributed by atoms with Gasteiger partial charge in [0.05, 0.1) is 12.2 Å². The Hall–Kier alpha value is 0.0700. The smallest absolute Gasteiger partial charge is 0.319 e. The van der Waals surface area contributed by atoms with Crippen LogP contribution >= 0.6 is 8.25 Å². The summed E-state index contributed by atoms with van der Waals surface area (Å²) >= 11 is 0. The van der Waals surface area contributed by atoms with Gasteiger partial charge in [0.1, 0.15) is 0 Å². The minimum Gasteiger partial charge on any atom is -0.330 e. The highest BCUT2D eigenvalue weighted by molar-refractivity contribution is 7.33. The van der Waals surface area contributed by atoms with Gasteiger partial charge in [-0.15, -0.1) is 0 Å². The normalized spacial score (nSPS) is 17.7. The van der Waals surface area contributed by atoms with Crippen LogP contribution in [0.2, 0.25) is 0 Å². The monoisotopic (exact) mass is 224 g/mol. The van der Waals surface area contributed by atoms with Crippen molar-refractivity contribution in [1.29, 1.82) is 0 Å². The molecule has 0 bridgehead atoms. The zero-order valence-corrected chi connectivity index (χ0v) is 9.86. The third-order valence-electron chi connectivity index (χ3n) is 1.74. The highest BCUT2D eigenvalue weighted by Gasteiger charge is 2.10. The molecule has 0 rings (SSSR count). The second kappa shape index (κ2) is 8.38. The second-order valence-corrected chi connectivity index (χ2v) is 4.23. The molecule has 5 nitrogen and oxygen atoms in total. The van der Waals surface area contributed by atoms with Crippen LogP contribution in [0.4, 0.5) is 0 Å². The topological polar surface area (TPSA) is 87.6 Å². The number of nitrogens with two attached hydrogens (primary N) is 2. The van der Waals surface area contributed by atoms with E-state index in [0.29, 0.717) is 25.9 Å². The van der Waals surface area contributed by atoms with Crippen LogP contribution in [0.15, 0.2) is 0 Å². The molecule has 0 spiro atoms. The summed E-state index contributed by atoms with van der Waals surface area (Å²) in [4.78, 5) is 0. The Morgan fingerprint density at radius 1 is 1.07 bits per heavy atom. The third kappa shape index (κ3) is 7.47. The second-order valence-electron chi connectivity index (χ2n) is 3.26. The Morgan fingerprint density at radius 3 is 1.71 bits per heavy atom. The summed E-state index contributed by atoms with van der Waals surface area (Å²) in [6.45, 7) is 4.70. The Balaban J connectivity index is 3.63. The standard InChI is InChI=1S/C8H21N2O3P/c1-7(3-5-9)12-14(11)13-8(2)4-6-10/h7-8,14H,3-6,9-10H2,1-2H3. The highest BCUT2D eigenvalue weighted by Crippen LogP contribution is 2.29. The minimum atomic E-state index is -2.39. The fraction of sp³-hybridized carbons (Fsp3) is 1.00. The zero-order valence-electron chi connectivity index (χ0n) is 8.86. The van der Waals surface area contributed by atoms with E-state index in [4.69, 9.17) is 20.5 Å². The molecule has 0 heterocycles. The van der Waals surface area contributed by atoms with Crippen LogP contribution in [-0.4, -0.2) is 25.3 Å². The van der Waals surface area contributed by atoms with Crippen LogP contribution in [0.1, 0.15) is 26.7 Å². The van der Waals surface area contributed by atoms with Crippen molar-refractivity contribution in [1.82, 2.24) is 0 Å². The summed E-state index contributed by atoms with van der Waals surface area (Å²) in [6, 6.07) is 0. The van der Waals surface area contributed by atoms with Crippen molar-refractivity contribution < 1.29 is 13.6 Å². The number of rotatable bonds is 8. The first-order valence-electron chi connectivity index (χ1n) is 4.87. The van der Waals surface area contributed by atoms with Gasteiger partial charge in [-0.1, -0.05) is 0 Å². The van der Waals surface area contributed by atoms with Crippen molar-refractivity contribution in [3.05, 3.63) is 0 Å². The molecule has 4 N–H and O–H groups in total. The van der Waals surface area contributed by atoms with Gasteiger partial charge in [0.2, 0.25) is 0 Å². The van der Waals surface area contributed by atoms with Crippen LogP contribution in [0.25, 0.3) is 0 Å². The molecule has 2 atom stereocenters. The first-order chi connectivity index (χ1) is 6.60. The molecule has 0 aliphatic carbocycles. The molecule has 0 aromatic carbocycles. The molecule has 0 aromatic heterocycles. The molecule has 0 saturated carbocycles. The maximum absolute atomic E-state index is 11.3. The summed E-state index contributed by atoms with van der Waals surface area (Å²) in [7, 11) is -2.39. The lowest BCUT2D eigenvalue weighted by atomic mass is 10.3. The molecule has 0 aromatic rings. The van der Waals surface area contributed by atoms with Crippen LogP contribution in [0.5, 0.6) is 0 Å². The molecular formula is C8H21N2O3P. The Kier molecular flexibility index (Phi) is 8.43. The first kappa shape index (κ1) is 14.1. The van der Waals surface area contributed by atoms with E-state index < -0.39 is 8.25 Å². The van der Waals surface area contributed by atoms with Crippen LogP contribution in [0, 0.1) is 0 Å². The predicted molar refractivity (Wildman–Crippen MR) is 57.4 cm³/mol. The van der Waals surface area contributed by atoms with E-state index in [-0.39, 0.29) is 12.2 Å². The van der Waals surface area contributed by atoms with E-state index in [2.05, 4.69) is 0 Å². The van der Waals surface area contributed by atoms with Gasteiger partial charge in [0.25, 0.3) is 0 Å². The minimum absolute atomic E-state index is 0.114. The van der Waals surface area contributed by atoms with Gasteiger partial charge in [0.15, 0.2) is 0 Å². The van der Waals surface area contributed by atoms with Crippen LogP contribution in [-0.2, 0) is 13.6 Å². The predicted octanol–water partition coefficient (Wildman–Crippen LogP) is 0.884. The Labute approximate surface area is 86.1 Å². The Bertz CT molecular complexity index is 153. The lowest BCUT2D eigenvalue weighted by molar-refractivity contribution is 0.138. The summed E-state index contributed by atoms with van der Waals surface area (Å²) in [5, 5.41) is 0. The maximum atomic E-state index is 11.3. The largest absolute Gasteiger partial charge is 0.330 e. The fourth-order valence-corrected chi connectivity index (χ4v) is 1.89. The van der Waals surface area contributed by atoms with Crippen molar-refractivity contribution in [2.45, 2.75) is 38.9 Å². The van der Waals surface area contributed by atoms with Gasteiger partial charge < -0.3 is 20.5 Å². The first-order valence-corrected chi connectivity index (χ1v) is 6.10. The third-order valence-corrected chi connectivity index (χ3v) is 2.93. The lowest BCUT2D eigenvalue weighted by Crippen LogP contribution is -2.14. The van der Waals surface area contributed by atoms with Crippen LogP contribution < -0.4 is 11.5 Å². The molecule has 86 valence electrons. The van der Waals surface area contributed by atoms with Crippen LogP contribution in [0.3, 0.4) is 0 Å². The van der Waals surface area contributed by atoms with Crippen molar-refractivity contribution >= 4 is 8.25 Å². The summed E-state index contributed by atoms with van der Waals surface area (Å²) < 4.78 is 21.5. The number of hydrogen-bond donors (Lipinski definition) is 2. The van der Waals surface area contributed by atoms with E-state index in [0.717, 1.165) is 0 Å². The summed E-state index contributed by atoms with van der Waals surface area (Å²) in [5.41, 5.74) is 10.7. The van der Waals surface area contributed by atoms with E-state index in [1.807, 2.05) is 13.8 Å². The molecule has 0 fully saturated rings. The van der Waals surface area contributed by atoms with Crippen molar-refractivity contribution in [3.63, 3.8) is 0 Å². The summed E-state index contributed by atoms with van der Waals surface area (Å²) in [6.07, 6.45) is 1.14. The van der Waals surface area contributed by atoms with Gasteiger partial charge in [-0.2, -0.15) is 0 Å². The molecule has 0 amide bonds. The maximum Gasteiger partial charge on any atom is 0.319 e. The SMILES string of the molecule is CC(CCN)O[PH](=O)OC(C)CCN. The molecular weight excluding hydrogens is 203 g/mol. The van der Waals surface area contributed by atoms with Crippen molar-refractivity contribution in [2.24, 2.45) is 11.5 Å². The molecule has 0 saturated heterocycles. The van der Waals surface area contributed by atoms with E-state index in [9.17, 15) is 4.57 Å². The average molecular weight is 224 g/mol. The molecule has 0 aliphatic heterocycles. The summed E-state index contributed by atoms with van der Waals surface area (Å²) in [5.74, 6) is 0. The van der Waals surface area contributed by atoms with Gasteiger partial charge in [-0.05, 0) is 39.8 Å². The van der Waals surface area contributed by atoms with Crippen molar-refractivity contribution in [2.75, 3.05) is 13.1 Å². The van der Waals surface area contributed by atoms with Gasteiger partial charge in [-0.25, -0.2) is 0 Å². The molecule has 0 aliphatic rings. The molecule has 14 heavy (non-hydrogen) atoms. The molecule has 2 unspecified atom stereocenters. The van der Waals surface area contributed by atoms with E-state index in [1.165, 1.54) is 0 Å². The van der Waals surface area contributed by atoms with E-state index >= 15 is 0 Å². The Morgan fingerprint density at radius 2 is 1.43 bits per heavy atom. The van der Waals surface area contributed by atoms with Crippen molar-refractivity contribution in [3.8, 4) is 0 Å². The molecule has 0 radical (unpaired) electrons. The van der Waals surface area contributed by atoms with Gasteiger partial charge in [-0.3, -0.25) is 4.57 Å². The van der Waals surface area contributed by atoms with E-state index in [1.54, 1.807) is 0 Å². The molecule has 6 heteroatoms. The quantitative estimate of drug-likeness (QED) is 0.598. The fourth-order valence-electron chi connectivity index (χ4n) is 0.944. The van der Waals surface area contributed by atoms with Gasteiger partial charge >= 0.3 is 8.25 Å².